The predicted octanol–water partition coefficient (Wildman–Crippen LogP) is 1.03. The van der Waals surface area contributed by atoms with Crippen LogP contribution in [0.4, 0.5) is 0 Å². The van der Waals surface area contributed by atoms with Crippen LogP contribution in [-0.4, -0.2) is 38.8 Å². The highest BCUT2D eigenvalue weighted by atomic mass is 32.1. The van der Waals surface area contributed by atoms with Crippen LogP contribution in [0.25, 0.3) is 0 Å². The van der Waals surface area contributed by atoms with E-state index in [1.807, 2.05) is 13.0 Å². The molecule has 1 aromatic rings. The zero-order valence-corrected chi connectivity index (χ0v) is 11.2. The Morgan fingerprint density at radius 3 is 3.06 bits per heavy atom. The van der Waals surface area contributed by atoms with E-state index in [2.05, 4.69) is 22.1 Å². The number of carbonyl (C=O) groups is 1. The van der Waals surface area contributed by atoms with Crippen LogP contribution in [0, 0.1) is 0 Å². The molecule has 1 heterocycles. The molecule has 0 aliphatic heterocycles. The lowest BCUT2D eigenvalue weighted by atomic mass is 10.3. The molecule has 0 bridgehead atoms. The SMILES string of the molecule is COCC(C)NC(=O)CNCCc1cccs1. The summed E-state index contributed by atoms with van der Waals surface area (Å²) in [5.74, 6) is 0.0146. The van der Waals surface area contributed by atoms with Crippen LogP contribution < -0.4 is 10.6 Å². The van der Waals surface area contributed by atoms with E-state index in [0.29, 0.717) is 13.2 Å². The van der Waals surface area contributed by atoms with E-state index in [0.717, 1.165) is 13.0 Å². The van der Waals surface area contributed by atoms with E-state index in [1.54, 1.807) is 18.4 Å². The minimum absolute atomic E-state index is 0.0146. The molecule has 1 rings (SSSR count). The van der Waals surface area contributed by atoms with Gasteiger partial charge >= 0.3 is 0 Å². The van der Waals surface area contributed by atoms with Crippen molar-refractivity contribution in [2.75, 3.05) is 26.8 Å². The largest absolute Gasteiger partial charge is 0.383 e. The first kappa shape index (κ1) is 14.2. The van der Waals surface area contributed by atoms with Crippen molar-refractivity contribution >= 4 is 17.2 Å². The molecule has 0 spiro atoms. The van der Waals surface area contributed by atoms with E-state index >= 15 is 0 Å². The van der Waals surface area contributed by atoms with Crippen LogP contribution in [0.2, 0.25) is 0 Å². The van der Waals surface area contributed by atoms with Crippen molar-refractivity contribution in [2.45, 2.75) is 19.4 Å². The monoisotopic (exact) mass is 256 g/mol. The normalized spacial score (nSPS) is 12.4. The molecule has 1 amide bonds. The van der Waals surface area contributed by atoms with Crippen molar-refractivity contribution in [2.24, 2.45) is 0 Å². The van der Waals surface area contributed by atoms with Gasteiger partial charge in [-0.05, 0) is 24.8 Å². The summed E-state index contributed by atoms with van der Waals surface area (Å²) in [6.45, 7) is 3.65. The minimum Gasteiger partial charge on any atom is -0.383 e. The summed E-state index contributed by atoms with van der Waals surface area (Å²) in [5.41, 5.74) is 0. The summed E-state index contributed by atoms with van der Waals surface area (Å²) < 4.78 is 4.95. The third-order valence-electron chi connectivity index (χ3n) is 2.24. The fourth-order valence-electron chi connectivity index (χ4n) is 1.49. The number of nitrogens with one attached hydrogen (secondary N) is 2. The van der Waals surface area contributed by atoms with Gasteiger partial charge < -0.3 is 15.4 Å². The molecule has 0 fully saturated rings. The van der Waals surface area contributed by atoms with Gasteiger partial charge in [-0.25, -0.2) is 0 Å². The van der Waals surface area contributed by atoms with E-state index in [-0.39, 0.29) is 11.9 Å². The number of carbonyl (C=O) groups excluding carboxylic acids is 1. The van der Waals surface area contributed by atoms with Gasteiger partial charge in [-0.3, -0.25) is 4.79 Å². The summed E-state index contributed by atoms with van der Waals surface area (Å²) in [6, 6.07) is 4.21. The van der Waals surface area contributed by atoms with E-state index in [9.17, 15) is 4.79 Å². The molecular formula is C12H20N2O2S. The van der Waals surface area contributed by atoms with Crippen LogP contribution in [0.15, 0.2) is 17.5 Å². The maximum absolute atomic E-state index is 11.5. The Labute approximate surface area is 106 Å². The minimum atomic E-state index is 0.0146. The number of methoxy groups -OCH3 is 1. The maximum atomic E-state index is 11.5. The molecule has 1 atom stereocenters. The molecule has 96 valence electrons. The second-order valence-electron chi connectivity index (χ2n) is 3.93. The van der Waals surface area contributed by atoms with Gasteiger partial charge in [0.05, 0.1) is 13.2 Å². The number of hydrogen-bond acceptors (Lipinski definition) is 4. The Bertz CT molecular complexity index is 314. The highest BCUT2D eigenvalue weighted by Crippen LogP contribution is 2.07. The third-order valence-corrected chi connectivity index (χ3v) is 3.17. The maximum Gasteiger partial charge on any atom is 0.234 e. The van der Waals surface area contributed by atoms with Crippen molar-refractivity contribution < 1.29 is 9.53 Å². The quantitative estimate of drug-likeness (QED) is 0.683. The zero-order valence-electron chi connectivity index (χ0n) is 10.4. The van der Waals surface area contributed by atoms with Gasteiger partial charge in [0.15, 0.2) is 0 Å². The second-order valence-corrected chi connectivity index (χ2v) is 4.96. The van der Waals surface area contributed by atoms with Crippen LogP contribution in [0.1, 0.15) is 11.8 Å². The first-order chi connectivity index (χ1) is 8.22. The molecule has 1 unspecified atom stereocenters. The molecule has 0 aliphatic carbocycles. The Hall–Kier alpha value is -0.910. The summed E-state index contributed by atoms with van der Waals surface area (Å²) in [6.07, 6.45) is 0.971. The Balaban J connectivity index is 2.04. The lowest BCUT2D eigenvalue weighted by Crippen LogP contribution is -2.41. The first-order valence-electron chi connectivity index (χ1n) is 5.73. The molecule has 4 nitrogen and oxygen atoms in total. The second kappa shape index (κ2) is 8.22. The molecule has 5 heteroatoms. The number of ether oxygens (including phenoxy) is 1. The van der Waals surface area contributed by atoms with Crippen molar-refractivity contribution in [3.05, 3.63) is 22.4 Å². The van der Waals surface area contributed by atoms with Crippen molar-refractivity contribution in [1.82, 2.24) is 10.6 Å². The molecule has 1 aromatic heterocycles. The van der Waals surface area contributed by atoms with Gasteiger partial charge in [-0.1, -0.05) is 6.07 Å². The van der Waals surface area contributed by atoms with Gasteiger partial charge in [0.2, 0.25) is 5.91 Å². The topological polar surface area (TPSA) is 50.4 Å². The molecule has 2 N–H and O–H groups in total. The van der Waals surface area contributed by atoms with Crippen molar-refractivity contribution in [3.8, 4) is 0 Å². The van der Waals surface area contributed by atoms with Crippen LogP contribution in [0.3, 0.4) is 0 Å². The number of rotatable bonds is 8. The Kier molecular flexibility index (Phi) is 6.84. The fraction of sp³-hybridized carbons (Fsp3) is 0.583. The molecule has 0 aromatic carbocycles. The van der Waals surface area contributed by atoms with Gasteiger partial charge in [0, 0.05) is 24.6 Å². The Morgan fingerprint density at radius 2 is 2.41 bits per heavy atom. The van der Waals surface area contributed by atoms with Crippen LogP contribution in [-0.2, 0) is 16.0 Å². The number of thiophene rings is 1. The van der Waals surface area contributed by atoms with E-state index < -0.39 is 0 Å². The predicted molar refractivity (Wildman–Crippen MR) is 70.4 cm³/mol. The van der Waals surface area contributed by atoms with Gasteiger partial charge in [-0.2, -0.15) is 0 Å². The molecule has 0 saturated heterocycles. The Morgan fingerprint density at radius 1 is 1.59 bits per heavy atom. The van der Waals surface area contributed by atoms with Crippen molar-refractivity contribution in [3.63, 3.8) is 0 Å². The molecular weight excluding hydrogens is 236 g/mol. The standard InChI is InChI=1S/C12H20N2O2S/c1-10(9-16-2)14-12(15)8-13-6-5-11-4-3-7-17-11/h3-4,7,10,13H,5-6,8-9H2,1-2H3,(H,14,15). The number of hydrogen-bond donors (Lipinski definition) is 2. The fourth-order valence-corrected chi connectivity index (χ4v) is 2.19. The van der Waals surface area contributed by atoms with Crippen molar-refractivity contribution in [1.29, 1.82) is 0 Å². The summed E-state index contributed by atoms with van der Waals surface area (Å²) in [7, 11) is 1.63. The third kappa shape index (κ3) is 6.41. The highest BCUT2D eigenvalue weighted by molar-refractivity contribution is 7.09. The van der Waals surface area contributed by atoms with E-state index in [1.165, 1.54) is 4.88 Å². The molecule has 0 aliphatic rings. The van der Waals surface area contributed by atoms with Gasteiger partial charge in [0.1, 0.15) is 0 Å². The summed E-state index contributed by atoms with van der Waals surface area (Å²) in [5, 5.41) is 8.04. The molecule has 0 radical (unpaired) electrons. The van der Waals surface area contributed by atoms with Crippen LogP contribution in [0.5, 0.6) is 0 Å². The summed E-state index contributed by atoms with van der Waals surface area (Å²) >= 11 is 1.74. The van der Waals surface area contributed by atoms with Gasteiger partial charge in [-0.15, -0.1) is 11.3 Å². The lowest BCUT2D eigenvalue weighted by Gasteiger charge is -2.12. The first-order valence-corrected chi connectivity index (χ1v) is 6.61. The smallest absolute Gasteiger partial charge is 0.234 e. The summed E-state index contributed by atoms with van der Waals surface area (Å²) in [4.78, 5) is 12.8. The average molecular weight is 256 g/mol. The highest BCUT2D eigenvalue weighted by Gasteiger charge is 2.05. The van der Waals surface area contributed by atoms with Gasteiger partial charge in [0.25, 0.3) is 0 Å². The zero-order chi connectivity index (χ0) is 12.5. The molecule has 17 heavy (non-hydrogen) atoms. The average Bonchev–Trinajstić information content (AvgIpc) is 2.77. The molecule has 0 saturated carbocycles. The van der Waals surface area contributed by atoms with E-state index in [4.69, 9.17) is 4.74 Å². The van der Waals surface area contributed by atoms with Crippen LogP contribution >= 0.6 is 11.3 Å². The lowest BCUT2D eigenvalue weighted by molar-refractivity contribution is -0.121. The number of amides is 1.